The molecule has 1 heterocycles. The summed E-state index contributed by atoms with van der Waals surface area (Å²) in [6.07, 6.45) is 0.722. The van der Waals surface area contributed by atoms with Gasteiger partial charge in [0.25, 0.3) is 5.91 Å². The quantitative estimate of drug-likeness (QED) is 0.701. The molecule has 1 aromatic heterocycles. The highest BCUT2D eigenvalue weighted by molar-refractivity contribution is 5.91. The molecule has 1 unspecified atom stereocenters. The zero-order chi connectivity index (χ0) is 10.4. The van der Waals surface area contributed by atoms with E-state index in [1.54, 1.807) is 12.1 Å². The Labute approximate surface area is 81.7 Å². The Hall–Kier alpha value is -1.33. The minimum Gasteiger partial charge on any atom is -0.459 e. The molecule has 0 aromatic carbocycles. The molecule has 0 fully saturated rings. The normalized spacial score (nSPS) is 12.4. The lowest BCUT2D eigenvalue weighted by Gasteiger charge is -2.09. The maximum absolute atomic E-state index is 11.3. The summed E-state index contributed by atoms with van der Waals surface area (Å²) in [4.78, 5) is 11.3. The second-order valence-corrected chi connectivity index (χ2v) is 2.80. The summed E-state index contributed by atoms with van der Waals surface area (Å²) in [5.74, 6) is -0.111. The van der Waals surface area contributed by atoms with Crippen molar-refractivity contribution in [1.82, 2.24) is 5.32 Å². The highest BCUT2D eigenvalue weighted by Crippen LogP contribution is 1.98. The van der Waals surface area contributed by atoms with Crippen LogP contribution in [0.3, 0.4) is 0 Å². The van der Waals surface area contributed by atoms with E-state index in [1.807, 2.05) is 0 Å². The topological polar surface area (TPSA) is 71.7 Å². The molecule has 1 atom stereocenters. The van der Waals surface area contributed by atoms with E-state index in [0.29, 0.717) is 0 Å². The first-order valence-corrected chi connectivity index (χ1v) is 4.22. The van der Waals surface area contributed by atoms with Gasteiger partial charge in [0.2, 0.25) is 0 Å². The first-order chi connectivity index (χ1) is 6.74. The molecule has 0 saturated carbocycles. The van der Waals surface area contributed by atoms with Crippen LogP contribution in [0.5, 0.6) is 0 Å². The van der Waals surface area contributed by atoms with Gasteiger partial charge in [-0.15, -0.1) is 0 Å². The number of carbonyl (C=O) groups excluding carboxylic acids is 1. The van der Waals surface area contributed by atoms with E-state index in [4.69, 9.17) is 9.15 Å². The highest BCUT2D eigenvalue weighted by atomic mass is 16.5. The summed E-state index contributed by atoms with van der Waals surface area (Å²) in [5, 5.41) is 11.7. The van der Waals surface area contributed by atoms with Crippen LogP contribution in [-0.2, 0) is 4.74 Å². The number of hydrogen-bond acceptors (Lipinski definition) is 4. The van der Waals surface area contributed by atoms with Crippen molar-refractivity contribution < 1.29 is 19.1 Å². The molecule has 0 bridgehead atoms. The van der Waals surface area contributed by atoms with Gasteiger partial charge in [-0.2, -0.15) is 0 Å². The zero-order valence-corrected chi connectivity index (χ0v) is 7.90. The van der Waals surface area contributed by atoms with Gasteiger partial charge in [0, 0.05) is 13.7 Å². The van der Waals surface area contributed by atoms with Crippen LogP contribution in [0.1, 0.15) is 10.6 Å². The van der Waals surface area contributed by atoms with Crippen LogP contribution in [0, 0.1) is 0 Å². The summed E-state index contributed by atoms with van der Waals surface area (Å²) in [5.41, 5.74) is 0. The minimum absolute atomic E-state index is 0.146. The van der Waals surface area contributed by atoms with E-state index >= 15 is 0 Å². The Kier molecular flexibility index (Phi) is 4.15. The second-order valence-electron chi connectivity index (χ2n) is 2.80. The Morgan fingerprint density at radius 2 is 2.57 bits per heavy atom. The molecular formula is C9H13NO4. The van der Waals surface area contributed by atoms with Gasteiger partial charge in [-0.1, -0.05) is 0 Å². The maximum atomic E-state index is 11.3. The molecule has 0 saturated heterocycles. The number of ether oxygens (including phenoxy) is 1. The molecule has 1 amide bonds. The van der Waals surface area contributed by atoms with Gasteiger partial charge < -0.3 is 19.6 Å². The Morgan fingerprint density at radius 3 is 3.14 bits per heavy atom. The molecule has 14 heavy (non-hydrogen) atoms. The lowest BCUT2D eigenvalue weighted by Crippen LogP contribution is -2.34. The van der Waals surface area contributed by atoms with E-state index in [2.05, 4.69) is 5.32 Å². The lowest BCUT2D eigenvalue weighted by molar-refractivity contribution is 0.0603. The second kappa shape index (κ2) is 5.41. The van der Waals surface area contributed by atoms with Crippen LogP contribution < -0.4 is 5.32 Å². The van der Waals surface area contributed by atoms with E-state index in [0.717, 1.165) is 0 Å². The van der Waals surface area contributed by atoms with Crippen molar-refractivity contribution >= 4 is 5.91 Å². The zero-order valence-electron chi connectivity index (χ0n) is 7.90. The molecule has 1 rings (SSSR count). The van der Waals surface area contributed by atoms with Crippen molar-refractivity contribution in [2.24, 2.45) is 0 Å². The van der Waals surface area contributed by atoms with Gasteiger partial charge in [-0.25, -0.2) is 0 Å². The summed E-state index contributed by atoms with van der Waals surface area (Å²) in [6, 6.07) is 3.18. The fraction of sp³-hybridized carbons (Fsp3) is 0.444. The van der Waals surface area contributed by atoms with Crippen molar-refractivity contribution in [2.45, 2.75) is 6.10 Å². The van der Waals surface area contributed by atoms with E-state index in [1.165, 1.54) is 13.4 Å². The standard InChI is InChI=1S/C9H13NO4/c1-13-6-7(11)5-10-9(12)8-3-2-4-14-8/h2-4,7,11H,5-6H2,1H3,(H,10,12). The number of amides is 1. The summed E-state index contributed by atoms with van der Waals surface area (Å²) >= 11 is 0. The van der Waals surface area contributed by atoms with E-state index < -0.39 is 6.10 Å². The number of nitrogens with one attached hydrogen (secondary N) is 1. The summed E-state index contributed by atoms with van der Waals surface area (Å²) < 4.78 is 9.56. The monoisotopic (exact) mass is 199 g/mol. The Morgan fingerprint density at radius 1 is 1.79 bits per heavy atom. The molecule has 1 aromatic rings. The summed E-state index contributed by atoms with van der Waals surface area (Å²) in [6.45, 7) is 0.339. The predicted molar refractivity (Wildman–Crippen MR) is 48.9 cm³/mol. The van der Waals surface area contributed by atoms with Gasteiger partial charge >= 0.3 is 0 Å². The summed E-state index contributed by atoms with van der Waals surface area (Å²) in [7, 11) is 1.48. The molecule has 78 valence electrons. The number of hydrogen-bond donors (Lipinski definition) is 2. The molecule has 0 radical (unpaired) electrons. The lowest BCUT2D eigenvalue weighted by atomic mass is 10.3. The molecule has 0 spiro atoms. The minimum atomic E-state index is -0.695. The Balaban J connectivity index is 2.28. The molecule has 0 aliphatic rings. The third-order valence-corrected chi connectivity index (χ3v) is 1.60. The molecule has 5 nitrogen and oxygen atoms in total. The average Bonchev–Trinajstić information content (AvgIpc) is 2.67. The predicted octanol–water partition coefficient (Wildman–Crippen LogP) is 0.0167. The van der Waals surface area contributed by atoms with Gasteiger partial charge in [0.05, 0.1) is 19.0 Å². The maximum Gasteiger partial charge on any atom is 0.287 e. The van der Waals surface area contributed by atoms with Gasteiger partial charge in [-0.3, -0.25) is 4.79 Å². The van der Waals surface area contributed by atoms with Crippen molar-refractivity contribution in [3.05, 3.63) is 24.2 Å². The molecule has 0 aliphatic carbocycles. The molecule has 2 N–H and O–H groups in total. The first kappa shape index (κ1) is 10.7. The SMILES string of the molecule is COCC(O)CNC(=O)c1ccco1. The van der Waals surface area contributed by atoms with Crippen LogP contribution in [0.2, 0.25) is 0 Å². The molecular weight excluding hydrogens is 186 g/mol. The number of aliphatic hydroxyl groups excluding tert-OH is 1. The van der Waals surface area contributed by atoms with Crippen molar-refractivity contribution in [2.75, 3.05) is 20.3 Å². The highest BCUT2D eigenvalue weighted by Gasteiger charge is 2.10. The van der Waals surface area contributed by atoms with Crippen LogP contribution in [0.25, 0.3) is 0 Å². The number of aliphatic hydroxyl groups is 1. The van der Waals surface area contributed by atoms with Crippen molar-refractivity contribution in [1.29, 1.82) is 0 Å². The van der Waals surface area contributed by atoms with Crippen LogP contribution in [-0.4, -0.2) is 37.4 Å². The van der Waals surface area contributed by atoms with E-state index in [9.17, 15) is 9.90 Å². The molecule has 5 heteroatoms. The third-order valence-electron chi connectivity index (χ3n) is 1.60. The Bertz CT molecular complexity index is 270. The first-order valence-electron chi connectivity index (χ1n) is 4.22. The average molecular weight is 199 g/mol. The number of methoxy groups -OCH3 is 1. The number of carbonyl (C=O) groups is 1. The largest absolute Gasteiger partial charge is 0.459 e. The number of furan rings is 1. The van der Waals surface area contributed by atoms with Gasteiger partial charge in [-0.05, 0) is 12.1 Å². The third kappa shape index (κ3) is 3.20. The van der Waals surface area contributed by atoms with E-state index in [-0.39, 0.29) is 24.8 Å². The number of rotatable bonds is 5. The van der Waals surface area contributed by atoms with Crippen LogP contribution in [0.15, 0.2) is 22.8 Å². The van der Waals surface area contributed by atoms with Gasteiger partial charge in [0.15, 0.2) is 5.76 Å². The van der Waals surface area contributed by atoms with Crippen molar-refractivity contribution in [3.8, 4) is 0 Å². The fourth-order valence-corrected chi connectivity index (χ4v) is 0.957. The van der Waals surface area contributed by atoms with Gasteiger partial charge in [0.1, 0.15) is 0 Å². The fourth-order valence-electron chi connectivity index (χ4n) is 0.957. The smallest absolute Gasteiger partial charge is 0.287 e. The molecule has 0 aliphatic heterocycles. The van der Waals surface area contributed by atoms with Crippen molar-refractivity contribution in [3.63, 3.8) is 0 Å². The van der Waals surface area contributed by atoms with Crippen LogP contribution >= 0.6 is 0 Å². The van der Waals surface area contributed by atoms with Crippen LogP contribution in [0.4, 0.5) is 0 Å².